The standard InChI is InChI=1S/C24H21F2N5O2S/c25-23(26)33-19-12-10-17(11-13-19)22-29-30-24(31(22)27)34-15-21(32)28-20-9-5-4-8-18(20)14-16-6-2-1-3-7-16/h1-13,23H,14-15,27H2,(H,28,32). The van der Waals surface area contributed by atoms with Crippen molar-refractivity contribution in [1.82, 2.24) is 14.9 Å². The van der Waals surface area contributed by atoms with Crippen LogP contribution < -0.4 is 15.9 Å². The number of carbonyl (C=O) groups excluding carboxylic acids is 1. The third-order valence-corrected chi connectivity index (χ3v) is 5.81. The Labute approximate surface area is 198 Å². The van der Waals surface area contributed by atoms with Crippen LogP contribution in [-0.2, 0) is 11.2 Å². The highest BCUT2D eigenvalue weighted by Crippen LogP contribution is 2.25. The van der Waals surface area contributed by atoms with E-state index in [4.69, 9.17) is 5.84 Å². The number of alkyl halides is 2. The summed E-state index contributed by atoms with van der Waals surface area (Å²) in [5.41, 5.74) is 3.48. The Morgan fingerprint density at radius 1 is 1.00 bits per heavy atom. The molecule has 0 bridgehead atoms. The topological polar surface area (TPSA) is 95.1 Å². The summed E-state index contributed by atoms with van der Waals surface area (Å²) < 4.78 is 30.2. The lowest BCUT2D eigenvalue weighted by molar-refractivity contribution is -0.113. The van der Waals surface area contributed by atoms with Crippen LogP contribution in [0.25, 0.3) is 11.4 Å². The van der Waals surface area contributed by atoms with E-state index in [0.29, 0.717) is 23.0 Å². The molecule has 1 aromatic heterocycles. The Hall–Kier alpha value is -3.92. The zero-order valence-electron chi connectivity index (χ0n) is 17.9. The first-order valence-corrected chi connectivity index (χ1v) is 11.3. The molecule has 0 saturated heterocycles. The Balaban J connectivity index is 1.38. The van der Waals surface area contributed by atoms with Gasteiger partial charge in [-0.05, 0) is 47.9 Å². The summed E-state index contributed by atoms with van der Waals surface area (Å²) in [5.74, 6) is 6.33. The Bertz CT molecular complexity index is 1250. The number of halogens is 2. The summed E-state index contributed by atoms with van der Waals surface area (Å²) in [7, 11) is 0. The maximum absolute atomic E-state index is 12.6. The van der Waals surface area contributed by atoms with Crippen LogP contribution in [0.3, 0.4) is 0 Å². The lowest BCUT2D eigenvalue weighted by Crippen LogP contribution is -2.17. The maximum atomic E-state index is 12.6. The first kappa shape index (κ1) is 23.2. The molecule has 0 fully saturated rings. The molecule has 34 heavy (non-hydrogen) atoms. The minimum atomic E-state index is -2.90. The van der Waals surface area contributed by atoms with Crippen molar-refractivity contribution in [1.29, 1.82) is 0 Å². The van der Waals surface area contributed by atoms with E-state index in [2.05, 4.69) is 20.3 Å². The molecule has 10 heteroatoms. The second-order valence-electron chi connectivity index (χ2n) is 7.24. The van der Waals surface area contributed by atoms with Crippen molar-refractivity contribution < 1.29 is 18.3 Å². The van der Waals surface area contributed by atoms with Crippen molar-refractivity contribution >= 4 is 23.4 Å². The first-order chi connectivity index (χ1) is 16.5. The molecule has 1 amide bonds. The van der Waals surface area contributed by atoms with Gasteiger partial charge in [0, 0.05) is 11.3 Å². The number of nitrogens with one attached hydrogen (secondary N) is 1. The molecule has 0 spiro atoms. The number of hydrogen-bond donors (Lipinski definition) is 2. The van der Waals surface area contributed by atoms with E-state index in [9.17, 15) is 13.6 Å². The number of nitrogens with zero attached hydrogens (tertiary/aromatic N) is 3. The van der Waals surface area contributed by atoms with Crippen LogP contribution in [0.15, 0.2) is 84.0 Å². The summed E-state index contributed by atoms with van der Waals surface area (Å²) in [4.78, 5) is 12.6. The van der Waals surface area contributed by atoms with Gasteiger partial charge in [-0.3, -0.25) is 4.79 Å². The number of ether oxygens (including phenoxy) is 1. The summed E-state index contributed by atoms with van der Waals surface area (Å²) in [6.07, 6.45) is 0.700. The van der Waals surface area contributed by atoms with Gasteiger partial charge in [0.2, 0.25) is 11.1 Å². The van der Waals surface area contributed by atoms with E-state index in [0.717, 1.165) is 28.6 Å². The fourth-order valence-electron chi connectivity index (χ4n) is 3.29. The normalized spacial score (nSPS) is 10.9. The van der Waals surface area contributed by atoms with Crippen LogP contribution in [0.1, 0.15) is 11.1 Å². The monoisotopic (exact) mass is 481 g/mol. The number of hydrogen-bond acceptors (Lipinski definition) is 6. The van der Waals surface area contributed by atoms with Gasteiger partial charge in [-0.1, -0.05) is 60.3 Å². The molecule has 7 nitrogen and oxygen atoms in total. The number of nitrogens with two attached hydrogens (primary N) is 1. The van der Waals surface area contributed by atoms with Gasteiger partial charge in [-0.2, -0.15) is 8.78 Å². The lowest BCUT2D eigenvalue weighted by atomic mass is 10.0. The zero-order chi connectivity index (χ0) is 23.9. The second kappa shape index (κ2) is 10.8. The maximum Gasteiger partial charge on any atom is 0.387 e. The minimum absolute atomic E-state index is 0.0284. The average molecular weight is 482 g/mol. The molecule has 0 radical (unpaired) electrons. The van der Waals surface area contributed by atoms with Crippen molar-refractivity contribution in [3.05, 3.63) is 90.0 Å². The lowest BCUT2D eigenvalue weighted by Gasteiger charge is -2.11. The number of carbonyl (C=O) groups is 1. The van der Waals surface area contributed by atoms with Crippen molar-refractivity contribution in [2.45, 2.75) is 18.2 Å². The number of anilines is 1. The van der Waals surface area contributed by atoms with Crippen LogP contribution in [0.5, 0.6) is 5.75 Å². The quantitative estimate of drug-likeness (QED) is 0.268. The number of para-hydroxylation sites is 1. The Kier molecular flexibility index (Phi) is 7.38. The first-order valence-electron chi connectivity index (χ1n) is 10.3. The molecule has 3 N–H and O–H groups in total. The highest BCUT2D eigenvalue weighted by atomic mass is 32.2. The SMILES string of the molecule is Nn1c(SCC(=O)Nc2ccccc2Cc2ccccc2)nnc1-c1ccc(OC(F)F)cc1. The molecule has 174 valence electrons. The molecule has 1 heterocycles. The van der Waals surface area contributed by atoms with E-state index in [-0.39, 0.29) is 17.4 Å². The molecular weight excluding hydrogens is 460 g/mol. The van der Waals surface area contributed by atoms with Crippen molar-refractivity contribution in [2.75, 3.05) is 16.9 Å². The third-order valence-electron chi connectivity index (χ3n) is 4.86. The number of thioether (sulfide) groups is 1. The van der Waals surface area contributed by atoms with Gasteiger partial charge in [0.25, 0.3) is 0 Å². The Morgan fingerprint density at radius 2 is 1.71 bits per heavy atom. The van der Waals surface area contributed by atoms with Crippen LogP contribution >= 0.6 is 11.8 Å². The third kappa shape index (κ3) is 5.90. The van der Waals surface area contributed by atoms with Gasteiger partial charge in [-0.15, -0.1) is 10.2 Å². The molecule has 0 unspecified atom stereocenters. The molecule has 0 aliphatic heterocycles. The van der Waals surface area contributed by atoms with Crippen LogP contribution in [0, 0.1) is 0 Å². The molecular formula is C24H21F2N5O2S. The minimum Gasteiger partial charge on any atom is -0.435 e. The summed E-state index contributed by atoms with van der Waals surface area (Å²) >= 11 is 1.14. The number of benzene rings is 3. The van der Waals surface area contributed by atoms with E-state index in [1.54, 1.807) is 12.1 Å². The molecule has 4 rings (SSSR count). The van der Waals surface area contributed by atoms with E-state index < -0.39 is 6.61 Å². The predicted molar refractivity (Wildman–Crippen MR) is 127 cm³/mol. The number of aromatic nitrogens is 3. The van der Waals surface area contributed by atoms with Gasteiger partial charge >= 0.3 is 6.61 Å². The van der Waals surface area contributed by atoms with E-state index >= 15 is 0 Å². The van der Waals surface area contributed by atoms with Gasteiger partial charge in [0.1, 0.15) is 5.75 Å². The summed E-state index contributed by atoms with van der Waals surface area (Å²) in [6.45, 7) is -2.90. The fraction of sp³-hybridized carbons (Fsp3) is 0.125. The summed E-state index contributed by atoms with van der Waals surface area (Å²) in [5, 5.41) is 11.4. The molecule has 4 aromatic rings. The van der Waals surface area contributed by atoms with Crippen molar-refractivity contribution in [2.24, 2.45) is 0 Å². The van der Waals surface area contributed by atoms with Gasteiger partial charge in [0.05, 0.1) is 5.75 Å². The van der Waals surface area contributed by atoms with E-state index in [1.165, 1.54) is 16.8 Å². The smallest absolute Gasteiger partial charge is 0.387 e. The molecule has 0 atom stereocenters. The van der Waals surface area contributed by atoms with Crippen LogP contribution in [-0.4, -0.2) is 33.1 Å². The highest BCUT2D eigenvalue weighted by molar-refractivity contribution is 7.99. The molecule has 3 aromatic carbocycles. The second-order valence-corrected chi connectivity index (χ2v) is 8.18. The molecule has 0 aliphatic carbocycles. The van der Waals surface area contributed by atoms with Gasteiger partial charge < -0.3 is 15.9 Å². The van der Waals surface area contributed by atoms with Crippen LogP contribution in [0.4, 0.5) is 14.5 Å². The zero-order valence-corrected chi connectivity index (χ0v) is 18.7. The van der Waals surface area contributed by atoms with Crippen LogP contribution in [0.2, 0.25) is 0 Å². The highest BCUT2D eigenvalue weighted by Gasteiger charge is 2.15. The predicted octanol–water partition coefficient (Wildman–Crippen LogP) is 4.58. The van der Waals surface area contributed by atoms with Gasteiger partial charge in [-0.25, -0.2) is 4.68 Å². The average Bonchev–Trinajstić information content (AvgIpc) is 3.20. The number of amides is 1. The van der Waals surface area contributed by atoms with E-state index in [1.807, 2.05) is 54.6 Å². The molecule has 0 saturated carbocycles. The molecule has 0 aliphatic rings. The summed E-state index contributed by atoms with van der Waals surface area (Å²) in [6, 6.07) is 23.6. The van der Waals surface area contributed by atoms with Crippen molar-refractivity contribution in [3.8, 4) is 17.1 Å². The number of rotatable bonds is 9. The Morgan fingerprint density at radius 3 is 2.44 bits per heavy atom. The van der Waals surface area contributed by atoms with Gasteiger partial charge in [0.15, 0.2) is 5.82 Å². The largest absolute Gasteiger partial charge is 0.435 e. The fourth-order valence-corrected chi connectivity index (χ4v) is 3.94. The number of nitrogen functional groups attached to an aromatic ring is 1. The van der Waals surface area contributed by atoms with Crippen molar-refractivity contribution in [3.63, 3.8) is 0 Å².